The lowest BCUT2D eigenvalue weighted by Crippen LogP contribution is -2.64. The zero-order chi connectivity index (χ0) is 16.9. The van der Waals surface area contributed by atoms with Crippen LogP contribution in [0.25, 0.3) is 0 Å². The van der Waals surface area contributed by atoms with Gasteiger partial charge in [-0.25, -0.2) is 4.79 Å². The lowest BCUT2D eigenvalue weighted by atomic mass is 9.58. The van der Waals surface area contributed by atoms with Crippen molar-refractivity contribution in [2.75, 3.05) is 27.2 Å². The van der Waals surface area contributed by atoms with E-state index in [4.69, 9.17) is 4.74 Å². The van der Waals surface area contributed by atoms with E-state index in [0.717, 1.165) is 23.9 Å². The highest BCUT2D eigenvalue weighted by atomic mass is 16.5. The summed E-state index contributed by atoms with van der Waals surface area (Å²) < 4.78 is 7.03. The molecule has 1 aromatic carbocycles. The van der Waals surface area contributed by atoms with Crippen LogP contribution in [0.2, 0.25) is 0 Å². The van der Waals surface area contributed by atoms with Crippen LogP contribution in [-0.2, 0) is 4.74 Å². The van der Waals surface area contributed by atoms with Crippen LogP contribution in [0.4, 0.5) is 0 Å². The van der Waals surface area contributed by atoms with E-state index in [-0.39, 0.29) is 22.9 Å². The third-order valence-corrected chi connectivity index (χ3v) is 6.81. The first-order chi connectivity index (χ1) is 10.7. The molecule has 0 bridgehead atoms. The van der Waals surface area contributed by atoms with Gasteiger partial charge >= 0.3 is 5.97 Å². The van der Waals surface area contributed by atoms with Crippen molar-refractivity contribution in [1.82, 2.24) is 0 Å². The Kier molecular flexibility index (Phi) is 3.83. The minimum absolute atomic E-state index is 0.0142. The lowest BCUT2D eigenvalue weighted by molar-refractivity contribution is -0.910. The van der Waals surface area contributed by atoms with Crippen LogP contribution in [0.1, 0.15) is 44.0 Å². The molecule has 4 atom stereocenters. The van der Waals surface area contributed by atoms with Gasteiger partial charge in [-0.05, 0) is 30.4 Å². The van der Waals surface area contributed by atoms with E-state index in [9.17, 15) is 4.79 Å². The molecule has 3 rings (SSSR count). The number of piperidine rings is 1. The third kappa shape index (κ3) is 2.59. The number of quaternary nitrogens is 1. The summed E-state index contributed by atoms with van der Waals surface area (Å²) in [5.41, 5.74) is 0.948. The SMILES string of the molecule is C[C@@H]1C[N+](C)(C)C[C@]2(C)[C@@H](OC(=O)c3ccccc3)CC[C@@]12C. The van der Waals surface area contributed by atoms with Gasteiger partial charge in [-0.1, -0.05) is 39.0 Å². The van der Waals surface area contributed by atoms with Gasteiger partial charge in [-0.2, -0.15) is 0 Å². The summed E-state index contributed by atoms with van der Waals surface area (Å²) >= 11 is 0. The first kappa shape index (κ1) is 16.5. The molecule has 3 nitrogen and oxygen atoms in total. The minimum atomic E-state index is -0.176. The summed E-state index contributed by atoms with van der Waals surface area (Å²) in [6.45, 7) is 9.40. The highest BCUT2D eigenvalue weighted by molar-refractivity contribution is 5.89. The van der Waals surface area contributed by atoms with Crippen LogP contribution in [0.15, 0.2) is 30.3 Å². The Labute approximate surface area is 140 Å². The van der Waals surface area contributed by atoms with Gasteiger partial charge < -0.3 is 9.22 Å². The number of fused-ring (bicyclic) bond motifs is 1. The minimum Gasteiger partial charge on any atom is -0.458 e. The number of nitrogens with zero attached hydrogens (tertiary/aromatic N) is 1. The Morgan fingerprint density at radius 3 is 2.48 bits per heavy atom. The fraction of sp³-hybridized carbons (Fsp3) is 0.650. The van der Waals surface area contributed by atoms with Gasteiger partial charge in [0.25, 0.3) is 0 Å². The molecule has 1 saturated carbocycles. The molecular formula is C20H30NO2+. The van der Waals surface area contributed by atoms with Crippen molar-refractivity contribution in [2.24, 2.45) is 16.7 Å². The summed E-state index contributed by atoms with van der Waals surface area (Å²) in [5, 5.41) is 0. The zero-order valence-corrected chi connectivity index (χ0v) is 15.1. The molecule has 1 aliphatic heterocycles. The molecule has 0 amide bonds. The Morgan fingerprint density at radius 2 is 1.83 bits per heavy atom. The topological polar surface area (TPSA) is 26.3 Å². The number of hydrogen-bond acceptors (Lipinski definition) is 2. The number of benzene rings is 1. The molecule has 0 unspecified atom stereocenters. The molecule has 0 N–H and O–H groups in total. The monoisotopic (exact) mass is 316 g/mol. The Morgan fingerprint density at radius 1 is 1.17 bits per heavy atom. The summed E-state index contributed by atoms with van der Waals surface area (Å²) in [7, 11) is 4.60. The second kappa shape index (κ2) is 5.34. The van der Waals surface area contributed by atoms with Gasteiger partial charge in [0.1, 0.15) is 6.10 Å². The van der Waals surface area contributed by atoms with Crippen LogP contribution in [0.3, 0.4) is 0 Å². The van der Waals surface area contributed by atoms with Gasteiger partial charge in [0, 0.05) is 5.92 Å². The molecule has 1 heterocycles. The maximum Gasteiger partial charge on any atom is 0.338 e. The van der Waals surface area contributed by atoms with E-state index in [1.54, 1.807) is 0 Å². The van der Waals surface area contributed by atoms with E-state index >= 15 is 0 Å². The number of hydrogen-bond donors (Lipinski definition) is 0. The van der Waals surface area contributed by atoms with Crippen molar-refractivity contribution < 1.29 is 14.0 Å². The predicted octanol–water partition coefficient (Wildman–Crippen LogP) is 3.74. The fourth-order valence-corrected chi connectivity index (χ4v) is 5.35. The molecule has 1 aliphatic carbocycles. The van der Waals surface area contributed by atoms with E-state index < -0.39 is 0 Å². The number of ether oxygens (including phenoxy) is 1. The van der Waals surface area contributed by atoms with Crippen LogP contribution in [0.5, 0.6) is 0 Å². The predicted molar refractivity (Wildman–Crippen MR) is 92.1 cm³/mol. The average molecular weight is 316 g/mol. The Hall–Kier alpha value is -1.35. The van der Waals surface area contributed by atoms with Gasteiger partial charge in [0.05, 0.1) is 38.2 Å². The summed E-state index contributed by atoms with van der Waals surface area (Å²) in [5.74, 6) is 0.460. The molecule has 2 fully saturated rings. The first-order valence-electron chi connectivity index (χ1n) is 8.76. The quantitative estimate of drug-likeness (QED) is 0.613. The van der Waals surface area contributed by atoms with E-state index in [2.05, 4.69) is 34.9 Å². The second-order valence-corrected chi connectivity index (χ2v) is 8.81. The first-order valence-corrected chi connectivity index (χ1v) is 8.76. The number of carbonyl (C=O) groups is 1. The molecule has 3 heteroatoms. The van der Waals surface area contributed by atoms with Crippen molar-refractivity contribution in [1.29, 1.82) is 0 Å². The summed E-state index contributed by atoms with van der Waals surface area (Å²) in [6, 6.07) is 9.37. The highest BCUT2D eigenvalue weighted by Gasteiger charge is 2.64. The average Bonchev–Trinajstić information content (AvgIpc) is 2.72. The van der Waals surface area contributed by atoms with Crippen molar-refractivity contribution in [3.63, 3.8) is 0 Å². The van der Waals surface area contributed by atoms with Crippen molar-refractivity contribution >= 4 is 5.97 Å². The van der Waals surface area contributed by atoms with E-state index in [0.29, 0.717) is 11.5 Å². The lowest BCUT2D eigenvalue weighted by Gasteiger charge is -2.56. The highest BCUT2D eigenvalue weighted by Crippen LogP contribution is 2.61. The summed E-state index contributed by atoms with van der Waals surface area (Å²) in [4.78, 5) is 12.5. The summed E-state index contributed by atoms with van der Waals surface area (Å²) in [6.07, 6.45) is 2.15. The zero-order valence-electron chi connectivity index (χ0n) is 15.1. The number of carbonyl (C=O) groups excluding carboxylic acids is 1. The molecule has 0 aromatic heterocycles. The van der Waals surface area contributed by atoms with Crippen molar-refractivity contribution in [3.8, 4) is 0 Å². The molecule has 23 heavy (non-hydrogen) atoms. The van der Waals surface area contributed by atoms with Crippen LogP contribution >= 0.6 is 0 Å². The molecule has 126 valence electrons. The molecule has 0 radical (unpaired) electrons. The fourth-order valence-electron chi connectivity index (χ4n) is 5.35. The Bertz CT molecular complexity index is 597. The number of likely N-dealkylation sites (tertiary alicyclic amines) is 1. The van der Waals surface area contributed by atoms with Gasteiger partial charge in [-0.3, -0.25) is 0 Å². The standard InChI is InChI=1S/C20H30NO2/c1-15-13-21(4,5)14-20(3)17(11-12-19(15,20)2)23-18(22)16-9-7-6-8-10-16/h6-10,15,17H,11-14H2,1-5H3/q+1/t15-,17+,19+,20-/m1/s1. The Balaban J connectivity index is 1.85. The molecule has 2 aliphatic rings. The molecule has 1 saturated heterocycles. The number of esters is 1. The maximum atomic E-state index is 12.5. The van der Waals surface area contributed by atoms with E-state index in [1.165, 1.54) is 6.54 Å². The number of rotatable bonds is 2. The van der Waals surface area contributed by atoms with Crippen molar-refractivity contribution in [3.05, 3.63) is 35.9 Å². The largest absolute Gasteiger partial charge is 0.458 e. The van der Waals surface area contributed by atoms with Gasteiger partial charge in [-0.15, -0.1) is 0 Å². The second-order valence-electron chi connectivity index (χ2n) is 8.81. The maximum absolute atomic E-state index is 12.5. The normalized spacial score (nSPS) is 38.8. The van der Waals surface area contributed by atoms with Gasteiger partial charge in [0.2, 0.25) is 0 Å². The molecule has 1 aromatic rings. The van der Waals surface area contributed by atoms with Crippen molar-refractivity contribution in [2.45, 2.75) is 39.7 Å². The van der Waals surface area contributed by atoms with Crippen LogP contribution in [-0.4, -0.2) is 43.7 Å². The van der Waals surface area contributed by atoms with Gasteiger partial charge in [0.15, 0.2) is 0 Å². The van der Waals surface area contributed by atoms with Crippen LogP contribution < -0.4 is 0 Å². The molecular weight excluding hydrogens is 286 g/mol. The van der Waals surface area contributed by atoms with E-state index in [1.807, 2.05) is 30.3 Å². The smallest absolute Gasteiger partial charge is 0.338 e. The van der Waals surface area contributed by atoms with Crippen LogP contribution in [0, 0.1) is 16.7 Å². The third-order valence-electron chi connectivity index (χ3n) is 6.81. The molecule has 0 spiro atoms.